The number of nitrogens with one attached hydrogen (secondary N) is 2. The number of pyridine rings is 2. The molecule has 4 aromatic rings. The summed E-state index contributed by atoms with van der Waals surface area (Å²) >= 11 is 0. The van der Waals surface area contributed by atoms with Crippen molar-refractivity contribution in [3.05, 3.63) is 66.0 Å². The van der Waals surface area contributed by atoms with Gasteiger partial charge < -0.3 is 5.32 Å². The Balaban J connectivity index is 1.56. The normalized spacial score (nSPS) is 13.4. The number of aromatic amines is 1. The van der Waals surface area contributed by atoms with Crippen LogP contribution in [0, 0.1) is 11.3 Å². The van der Waals surface area contributed by atoms with Gasteiger partial charge in [-0.1, -0.05) is 6.07 Å². The van der Waals surface area contributed by atoms with Crippen molar-refractivity contribution in [2.75, 3.05) is 5.32 Å². The lowest BCUT2D eigenvalue weighted by Crippen LogP contribution is -1.99. The number of fused-ring (bicyclic) bond motifs is 1. The third-order valence-corrected chi connectivity index (χ3v) is 4.78. The van der Waals surface area contributed by atoms with Crippen LogP contribution in [0.2, 0.25) is 0 Å². The van der Waals surface area contributed by atoms with E-state index in [0.717, 1.165) is 28.0 Å². The fourth-order valence-electron chi connectivity index (χ4n) is 3.22. The lowest BCUT2D eigenvalue weighted by molar-refractivity contribution is 1.11. The number of anilines is 2. The molecule has 0 atom stereocenters. The van der Waals surface area contributed by atoms with Gasteiger partial charge in [0, 0.05) is 17.1 Å². The average molecular weight is 352 g/mol. The van der Waals surface area contributed by atoms with Crippen LogP contribution in [0.3, 0.4) is 0 Å². The molecule has 1 saturated carbocycles. The van der Waals surface area contributed by atoms with Crippen LogP contribution in [-0.4, -0.2) is 20.2 Å². The van der Waals surface area contributed by atoms with E-state index in [-0.39, 0.29) is 0 Å². The first-order valence-corrected chi connectivity index (χ1v) is 8.87. The molecule has 0 saturated heterocycles. The molecule has 0 bridgehead atoms. The van der Waals surface area contributed by atoms with E-state index in [1.54, 1.807) is 18.3 Å². The quantitative estimate of drug-likeness (QED) is 0.564. The van der Waals surface area contributed by atoms with E-state index in [2.05, 4.69) is 50.8 Å². The lowest BCUT2D eigenvalue weighted by atomic mass is 10.0. The van der Waals surface area contributed by atoms with Gasteiger partial charge in [0.15, 0.2) is 0 Å². The van der Waals surface area contributed by atoms with Crippen LogP contribution in [0.4, 0.5) is 11.6 Å². The Bertz CT molecular complexity index is 1180. The summed E-state index contributed by atoms with van der Waals surface area (Å²) in [4.78, 5) is 9.09. The molecule has 1 aliphatic rings. The van der Waals surface area contributed by atoms with Gasteiger partial charge in [-0.2, -0.15) is 10.4 Å². The first kappa shape index (κ1) is 15.5. The number of aromatic nitrogens is 4. The fourth-order valence-corrected chi connectivity index (χ4v) is 3.22. The minimum absolute atomic E-state index is 0.566. The largest absolute Gasteiger partial charge is 0.325 e. The maximum absolute atomic E-state index is 9.09. The van der Waals surface area contributed by atoms with Crippen LogP contribution in [0.15, 0.2) is 54.9 Å². The van der Waals surface area contributed by atoms with Crippen molar-refractivity contribution < 1.29 is 0 Å². The van der Waals surface area contributed by atoms with Crippen molar-refractivity contribution in [1.29, 1.82) is 5.26 Å². The molecule has 3 aromatic heterocycles. The highest BCUT2D eigenvalue weighted by atomic mass is 15.1. The number of hydrogen-bond donors (Lipinski definition) is 2. The Kier molecular flexibility index (Phi) is 3.58. The van der Waals surface area contributed by atoms with E-state index < -0.39 is 0 Å². The van der Waals surface area contributed by atoms with E-state index in [4.69, 9.17) is 10.2 Å². The molecular formula is C21H16N6. The number of hydrogen-bond acceptors (Lipinski definition) is 5. The minimum Gasteiger partial charge on any atom is -0.325 e. The first-order valence-electron chi connectivity index (χ1n) is 8.87. The van der Waals surface area contributed by atoms with Crippen LogP contribution < -0.4 is 5.32 Å². The SMILES string of the molecule is N#Cc1ccnc(Nc2cc(C3CC3)cc(-c3ccc4[nH]ncc4c3)n2)c1. The molecule has 6 nitrogen and oxygen atoms in total. The Labute approximate surface area is 155 Å². The van der Waals surface area contributed by atoms with Gasteiger partial charge in [0.25, 0.3) is 0 Å². The monoisotopic (exact) mass is 352 g/mol. The standard InChI is InChI=1S/C21H16N6/c22-11-13-5-6-23-20(7-13)26-21-10-16(14-1-2-14)9-19(25-21)15-3-4-18-17(8-15)12-24-27-18/h3-10,12,14H,1-2H2,(H,24,27)(H,23,25,26). The summed E-state index contributed by atoms with van der Waals surface area (Å²) in [6.45, 7) is 0. The summed E-state index contributed by atoms with van der Waals surface area (Å²) in [5, 5.41) is 20.5. The third kappa shape index (κ3) is 3.11. The molecular weight excluding hydrogens is 336 g/mol. The molecule has 2 N–H and O–H groups in total. The van der Waals surface area contributed by atoms with Crippen molar-refractivity contribution in [2.24, 2.45) is 0 Å². The number of nitriles is 1. The second-order valence-corrected chi connectivity index (χ2v) is 6.78. The van der Waals surface area contributed by atoms with Gasteiger partial charge in [0.05, 0.1) is 29.0 Å². The lowest BCUT2D eigenvalue weighted by Gasteiger charge is -2.11. The Morgan fingerprint density at radius 3 is 2.85 bits per heavy atom. The molecule has 3 heterocycles. The van der Waals surface area contributed by atoms with Crippen molar-refractivity contribution in [1.82, 2.24) is 20.2 Å². The van der Waals surface area contributed by atoms with Gasteiger partial charge in [0.2, 0.25) is 0 Å². The summed E-state index contributed by atoms with van der Waals surface area (Å²) in [5.74, 6) is 1.96. The molecule has 0 spiro atoms. The van der Waals surface area contributed by atoms with Crippen molar-refractivity contribution in [3.63, 3.8) is 0 Å². The van der Waals surface area contributed by atoms with Crippen molar-refractivity contribution in [2.45, 2.75) is 18.8 Å². The van der Waals surface area contributed by atoms with Crippen LogP contribution >= 0.6 is 0 Å². The molecule has 0 aliphatic heterocycles. The second-order valence-electron chi connectivity index (χ2n) is 6.78. The highest BCUT2D eigenvalue weighted by Gasteiger charge is 2.25. The van der Waals surface area contributed by atoms with E-state index in [9.17, 15) is 0 Å². The Morgan fingerprint density at radius 1 is 1.07 bits per heavy atom. The zero-order chi connectivity index (χ0) is 18.2. The summed E-state index contributed by atoms with van der Waals surface area (Å²) in [6.07, 6.45) is 5.87. The van der Waals surface area contributed by atoms with Gasteiger partial charge in [-0.05, 0) is 60.7 Å². The molecule has 1 aromatic carbocycles. The van der Waals surface area contributed by atoms with Gasteiger partial charge in [0.1, 0.15) is 11.6 Å². The molecule has 27 heavy (non-hydrogen) atoms. The molecule has 130 valence electrons. The van der Waals surface area contributed by atoms with Crippen molar-refractivity contribution >= 4 is 22.5 Å². The van der Waals surface area contributed by atoms with Crippen LogP contribution in [0.25, 0.3) is 22.2 Å². The van der Waals surface area contributed by atoms with E-state index >= 15 is 0 Å². The molecule has 1 fully saturated rings. The van der Waals surface area contributed by atoms with E-state index in [1.165, 1.54) is 18.4 Å². The average Bonchev–Trinajstić information content (AvgIpc) is 3.45. The summed E-state index contributed by atoms with van der Waals surface area (Å²) in [7, 11) is 0. The van der Waals surface area contributed by atoms with E-state index in [0.29, 0.717) is 17.3 Å². The molecule has 5 rings (SSSR count). The predicted molar refractivity (Wildman–Crippen MR) is 104 cm³/mol. The Morgan fingerprint density at radius 2 is 2.00 bits per heavy atom. The zero-order valence-electron chi connectivity index (χ0n) is 14.5. The first-order chi connectivity index (χ1) is 13.3. The second kappa shape index (κ2) is 6.22. The number of nitrogens with zero attached hydrogens (tertiary/aromatic N) is 4. The maximum atomic E-state index is 9.09. The van der Waals surface area contributed by atoms with Crippen molar-refractivity contribution in [3.8, 4) is 17.3 Å². The molecule has 6 heteroatoms. The van der Waals surface area contributed by atoms with E-state index in [1.807, 2.05) is 12.3 Å². The summed E-state index contributed by atoms with van der Waals surface area (Å²) in [5.41, 5.74) is 4.82. The zero-order valence-corrected chi connectivity index (χ0v) is 14.5. The van der Waals surface area contributed by atoms with Crippen LogP contribution in [-0.2, 0) is 0 Å². The highest BCUT2D eigenvalue weighted by molar-refractivity contribution is 5.83. The molecule has 0 amide bonds. The number of benzene rings is 1. The summed E-state index contributed by atoms with van der Waals surface area (Å²) in [6, 6.07) is 16.0. The smallest absolute Gasteiger partial charge is 0.132 e. The van der Waals surface area contributed by atoms with Gasteiger partial charge in [-0.3, -0.25) is 5.10 Å². The topological polar surface area (TPSA) is 90.3 Å². The van der Waals surface area contributed by atoms with Gasteiger partial charge >= 0.3 is 0 Å². The number of rotatable bonds is 4. The predicted octanol–water partition coefficient (Wildman–Crippen LogP) is 4.51. The van der Waals surface area contributed by atoms with Gasteiger partial charge in [-0.15, -0.1) is 0 Å². The summed E-state index contributed by atoms with van der Waals surface area (Å²) < 4.78 is 0. The minimum atomic E-state index is 0.566. The Hall–Kier alpha value is -3.72. The van der Waals surface area contributed by atoms with Crippen LogP contribution in [0.5, 0.6) is 0 Å². The number of H-pyrrole nitrogens is 1. The third-order valence-electron chi connectivity index (χ3n) is 4.78. The van der Waals surface area contributed by atoms with Gasteiger partial charge in [-0.25, -0.2) is 9.97 Å². The fraction of sp³-hybridized carbons (Fsp3) is 0.143. The molecule has 0 radical (unpaired) electrons. The van der Waals surface area contributed by atoms with Crippen LogP contribution in [0.1, 0.15) is 29.9 Å². The maximum Gasteiger partial charge on any atom is 0.132 e. The highest BCUT2D eigenvalue weighted by Crippen LogP contribution is 2.42. The molecule has 0 unspecified atom stereocenters. The molecule has 1 aliphatic carbocycles.